The molecule has 3 aromatic rings. The van der Waals surface area contributed by atoms with Gasteiger partial charge in [0.2, 0.25) is 0 Å². The van der Waals surface area contributed by atoms with Gasteiger partial charge in [-0.1, -0.05) is 16.8 Å². The van der Waals surface area contributed by atoms with Gasteiger partial charge in [0.1, 0.15) is 36.8 Å². The van der Waals surface area contributed by atoms with Gasteiger partial charge in [0.25, 0.3) is 0 Å². The Morgan fingerprint density at radius 2 is 1.93 bits per heavy atom. The lowest BCUT2D eigenvalue weighted by Crippen LogP contribution is -2.15. The van der Waals surface area contributed by atoms with Crippen LogP contribution in [0.15, 0.2) is 47.0 Å². The molecular weight excluding hydrogens is 386 g/mol. The Morgan fingerprint density at radius 1 is 1.11 bits per heavy atom. The van der Waals surface area contributed by atoms with Gasteiger partial charge in [-0.15, -0.1) is 0 Å². The summed E-state index contributed by atoms with van der Waals surface area (Å²) in [6.45, 7) is 0.977. The number of fused-ring (bicyclic) bond motifs is 1. The molecule has 1 aromatic heterocycles. The first kappa shape index (κ1) is 18.2. The minimum atomic E-state index is -0.566. The highest BCUT2D eigenvalue weighted by atomic mass is 35.5. The summed E-state index contributed by atoms with van der Waals surface area (Å²) in [4.78, 5) is 12.3. The van der Waals surface area contributed by atoms with E-state index in [1.165, 1.54) is 13.2 Å². The van der Waals surface area contributed by atoms with Crippen molar-refractivity contribution >= 4 is 17.6 Å². The van der Waals surface area contributed by atoms with Crippen LogP contribution >= 0.6 is 11.6 Å². The van der Waals surface area contributed by atoms with Gasteiger partial charge in [0, 0.05) is 16.7 Å². The molecule has 0 N–H and O–H groups in total. The van der Waals surface area contributed by atoms with E-state index in [2.05, 4.69) is 5.16 Å². The quantitative estimate of drug-likeness (QED) is 0.594. The summed E-state index contributed by atoms with van der Waals surface area (Å²) >= 11 is 5.95. The number of hydrogen-bond acceptors (Lipinski definition) is 7. The van der Waals surface area contributed by atoms with Gasteiger partial charge in [0.05, 0.1) is 7.11 Å². The summed E-state index contributed by atoms with van der Waals surface area (Å²) in [7, 11) is 1.47. The third-order valence-corrected chi connectivity index (χ3v) is 4.35. The molecule has 7 nitrogen and oxygen atoms in total. The number of ether oxygens (including phenoxy) is 4. The molecule has 0 unspecified atom stereocenters. The Kier molecular flexibility index (Phi) is 5.08. The zero-order valence-electron chi connectivity index (χ0n) is 14.9. The van der Waals surface area contributed by atoms with Crippen molar-refractivity contribution in [1.82, 2.24) is 5.16 Å². The smallest absolute Gasteiger partial charge is 0.342 e. The van der Waals surface area contributed by atoms with Crippen LogP contribution in [0.3, 0.4) is 0 Å². The standard InChI is InChI=1S/C20H16ClNO6/c1-24-16-5-3-13(21)9-15(16)20(23)27-11-14-10-18(28-22-14)12-2-4-17-19(8-12)26-7-6-25-17/h2-5,8-10H,6-7,11H2,1H3. The van der Waals surface area contributed by atoms with Crippen LogP contribution in [0.2, 0.25) is 5.02 Å². The van der Waals surface area contributed by atoms with Gasteiger partial charge >= 0.3 is 5.97 Å². The molecule has 0 aliphatic carbocycles. The zero-order chi connectivity index (χ0) is 19.5. The van der Waals surface area contributed by atoms with Crippen LogP contribution in [0.4, 0.5) is 0 Å². The topological polar surface area (TPSA) is 80.0 Å². The van der Waals surface area contributed by atoms with Crippen LogP contribution < -0.4 is 14.2 Å². The molecule has 8 heteroatoms. The van der Waals surface area contributed by atoms with Crippen LogP contribution in [-0.4, -0.2) is 31.4 Å². The molecule has 0 saturated carbocycles. The van der Waals surface area contributed by atoms with Gasteiger partial charge in [-0.3, -0.25) is 0 Å². The number of hydrogen-bond donors (Lipinski definition) is 0. The molecule has 0 spiro atoms. The Labute approximate surface area is 165 Å². The van der Waals surface area contributed by atoms with Gasteiger partial charge in [-0.25, -0.2) is 4.79 Å². The molecule has 0 saturated heterocycles. The summed E-state index contributed by atoms with van der Waals surface area (Å²) < 4.78 is 26.9. The molecule has 2 heterocycles. The maximum absolute atomic E-state index is 12.3. The second kappa shape index (κ2) is 7.82. The molecule has 0 fully saturated rings. The molecule has 2 aromatic carbocycles. The van der Waals surface area contributed by atoms with Crippen molar-refractivity contribution in [1.29, 1.82) is 0 Å². The number of nitrogens with zero attached hydrogens (tertiary/aromatic N) is 1. The van der Waals surface area contributed by atoms with Crippen molar-refractivity contribution in [2.45, 2.75) is 6.61 Å². The molecule has 1 aliphatic heterocycles. The van der Waals surface area contributed by atoms with Crippen LogP contribution in [0.5, 0.6) is 17.2 Å². The summed E-state index contributed by atoms with van der Waals surface area (Å²) in [5.74, 6) is 1.69. The largest absolute Gasteiger partial charge is 0.496 e. The number of rotatable bonds is 5. The number of esters is 1. The summed E-state index contributed by atoms with van der Waals surface area (Å²) in [6, 6.07) is 11.9. The second-order valence-electron chi connectivity index (χ2n) is 5.96. The van der Waals surface area contributed by atoms with E-state index >= 15 is 0 Å². The highest BCUT2D eigenvalue weighted by Gasteiger charge is 2.17. The first-order chi connectivity index (χ1) is 13.6. The van der Waals surface area contributed by atoms with Crippen LogP contribution in [0, 0.1) is 0 Å². The zero-order valence-corrected chi connectivity index (χ0v) is 15.7. The third-order valence-electron chi connectivity index (χ3n) is 4.12. The summed E-state index contributed by atoms with van der Waals surface area (Å²) in [5.41, 5.74) is 1.50. The number of benzene rings is 2. The maximum atomic E-state index is 12.3. The molecule has 0 radical (unpaired) electrons. The predicted octanol–water partition coefficient (Wildman–Crippen LogP) is 4.13. The van der Waals surface area contributed by atoms with Gasteiger partial charge < -0.3 is 23.5 Å². The predicted molar refractivity (Wildman–Crippen MR) is 100 cm³/mol. The van der Waals surface area contributed by atoms with Gasteiger partial charge in [0.15, 0.2) is 17.3 Å². The molecule has 28 heavy (non-hydrogen) atoms. The van der Waals surface area contributed by atoms with Crippen molar-refractivity contribution in [3.8, 4) is 28.6 Å². The van der Waals surface area contributed by atoms with Gasteiger partial charge in [-0.05, 0) is 36.4 Å². The fraction of sp³-hybridized carbons (Fsp3) is 0.200. The summed E-state index contributed by atoms with van der Waals surface area (Å²) in [5, 5.41) is 4.36. The minimum Gasteiger partial charge on any atom is -0.496 e. The highest BCUT2D eigenvalue weighted by molar-refractivity contribution is 6.31. The van der Waals surface area contributed by atoms with E-state index < -0.39 is 5.97 Å². The first-order valence-electron chi connectivity index (χ1n) is 8.50. The lowest BCUT2D eigenvalue weighted by molar-refractivity contribution is 0.0460. The Hall–Kier alpha value is -3.19. The number of carbonyl (C=O) groups excluding carboxylic acids is 1. The molecule has 0 amide bonds. The van der Waals surface area contributed by atoms with E-state index in [-0.39, 0.29) is 12.2 Å². The second-order valence-corrected chi connectivity index (χ2v) is 6.40. The lowest BCUT2D eigenvalue weighted by Gasteiger charge is -2.18. The van der Waals surface area contributed by atoms with Crippen molar-refractivity contribution in [3.05, 3.63) is 58.7 Å². The average molecular weight is 402 g/mol. The Morgan fingerprint density at radius 3 is 2.75 bits per heavy atom. The molecule has 0 atom stereocenters. The van der Waals surface area contributed by atoms with Crippen molar-refractivity contribution in [2.75, 3.05) is 20.3 Å². The first-order valence-corrected chi connectivity index (χ1v) is 8.88. The molecule has 1 aliphatic rings. The van der Waals surface area contributed by atoms with Crippen LogP contribution in [0.25, 0.3) is 11.3 Å². The highest BCUT2D eigenvalue weighted by Crippen LogP contribution is 2.34. The average Bonchev–Trinajstić information content (AvgIpc) is 3.20. The molecule has 4 rings (SSSR count). The fourth-order valence-electron chi connectivity index (χ4n) is 2.77. The molecule has 0 bridgehead atoms. The van der Waals surface area contributed by atoms with Crippen LogP contribution in [-0.2, 0) is 11.3 Å². The number of carbonyl (C=O) groups is 1. The SMILES string of the molecule is COc1ccc(Cl)cc1C(=O)OCc1cc(-c2ccc3c(c2)OCCO3)on1. The van der Waals surface area contributed by atoms with Gasteiger partial charge in [-0.2, -0.15) is 0 Å². The van der Waals surface area contributed by atoms with Crippen molar-refractivity contribution in [3.63, 3.8) is 0 Å². The van der Waals surface area contributed by atoms with E-state index in [1.54, 1.807) is 18.2 Å². The monoisotopic (exact) mass is 401 g/mol. The summed E-state index contributed by atoms with van der Waals surface area (Å²) in [6.07, 6.45) is 0. The Balaban J connectivity index is 1.46. The maximum Gasteiger partial charge on any atom is 0.342 e. The lowest BCUT2D eigenvalue weighted by atomic mass is 10.1. The minimum absolute atomic E-state index is 0.0530. The van der Waals surface area contributed by atoms with Crippen LogP contribution in [0.1, 0.15) is 16.1 Å². The normalized spacial score (nSPS) is 12.5. The molecule has 144 valence electrons. The third kappa shape index (κ3) is 3.75. The number of aromatic nitrogens is 1. The van der Waals surface area contributed by atoms with E-state index in [0.29, 0.717) is 46.9 Å². The van der Waals surface area contributed by atoms with Crippen molar-refractivity contribution in [2.24, 2.45) is 0 Å². The van der Waals surface area contributed by atoms with E-state index in [0.717, 1.165) is 5.56 Å². The molecular formula is C20H16ClNO6. The number of methoxy groups -OCH3 is 1. The number of halogens is 1. The van der Waals surface area contributed by atoms with E-state index in [4.69, 9.17) is 35.1 Å². The van der Waals surface area contributed by atoms with Crippen molar-refractivity contribution < 1.29 is 28.3 Å². The Bertz CT molecular complexity index is 1020. The fourth-order valence-corrected chi connectivity index (χ4v) is 2.94. The van der Waals surface area contributed by atoms with E-state index in [1.807, 2.05) is 18.2 Å². The van der Waals surface area contributed by atoms with E-state index in [9.17, 15) is 4.79 Å².